The lowest BCUT2D eigenvalue weighted by Crippen LogP contribution is -2.05. The molecule has 4 heteroatoms. The van der Waals surface area contributed by atoms with Gasteiger partial charge < -0.3 is 14.6 Å². The van der Waals surface area contributed by atoms with Gasteiger partial charge >= 0.3 is 5.97 Å². The SMILES string of the molecule is CCOC(=O)C=C(C)C(O)c1cccc(OC)c1. The van der Waals surface area contributed by atoms with Crippen LogP contribution in [0.15, 0.2) is 35.9 Å². The first kappa shape index (κ1) is 14.3. The number of rotatable bonds is 5. The van der Waals surface area contributed by atoms with Gasteiger partial charge in [0.2, 0.25) is 0 Å². The molecule has 1 unspecified atom stereocenters. The number of aliphatic hydroxyl groups is 1. The number of benzene rings is 1. The van der Waals surface area contributed by atoms with Gasteiger partial charge in [-0.15, -0.1) is 0 Å². The van der Waals surface area contributed by atoms with Crippen LogP contribution in [0.4, 0.5) is 0 Å². The molecule has 1 rings (SSSR count). The van der Waals surface area contributed by atoms with Crippen LogP contribution in [0, 0.1) is 0 Å². The third kappa shape index (κ3) is 3.89. The number of ether oxygens (including phenoxy) is 2. The summed E-state index contributed by atoms with van der Waals surface area (Å²) in [6.07, 6.45) is 0.456. The van der Waals surface area contributed by atoms with E-state index in [0.29, 0.717) is 23.5 Å². The number of carbonyl (C=O) groups excluding carboxylic acids is 1. The predicted molar refractivity (Wildman–Crippen MR) is 68.3 cm³/mol. The summed E-state index contributed by atoms with van der Waals surface area (Å²) in [4.78, 5) is 11.3. The van der Waals surface area contributed by atoms with Crippen molar-refractivity contribution in [2.45, 2.75) is 20.0 Å². The summed E-state index contributed by atoms with van der Waals surface area (Å²) in [6, 6.07) is 7.08. The van der Waals surface area contributed by atoms with Crippen molar-refractivity contribution in [2.24, 2.45) is 0 Å². The van der Waals surface area contributed by atoms with Gasteiger partial charge in [0, 0.05) is 6.08 Å². The molecule has 0 aliphatic rings. The molecule has 0 aliphatic carbocycles. The van der Waals surface area contributed by atoms with Gasteiger partial charge in [-0.2, -0.15) is 0 Å². The van der Waals surface area contributed by atoms with E-state index in [0.717, 1.165) is 0 Å². The van der Waals surface area contributed by atoms with E-state index in [1.54, 1.807) is 45.2 Å². The second kappa shape index (κ2) is 6.81. The minimum atomic E-state index is -0.843. The molecular formula is C14H18O4. The van der Waals surface area contributed by atoms with Gasteiger partial charge in [-0.25, -0.2) is 4.79 Å². The fourth-order valence-corrected chi connectivity index (χ4v) is 1.52. The summed E-state index contributed by atoms with van der Waals surface area (Å²) < 4.78 is 9.87. The van der Waals surface area contributed by atoms with E-state index >= 15 is 0 Å². The Kier molecular flexibility index (Phi) is 5.39. The third-order valence-corrected chi connectivity index (χ3v) is 2.47. The molecule has 0 amide bonds. The first-order chi connectivity index (χ1) is 8.58. The lowest BCUT2D eigenvalue weighted by Gasteiger charge is -2.12. The van der Waals surface area contributed by atoms with Crippen molar-refractivity contribution in [3.63, 3.8) is 0 Å². The van der Waals surface area contributed by atoms with Crippen molar-refractivity contribution in [3.05, 3.63) is 41.5 Å². The van der Waals surface area contributed by atoms with E-state index < -0.39 is 12.1 Å². The van der Waals surface area contributed by atoms with Gasteiger partial charge in [-0.1, -0.05) is 12.1 Å². The van der Waals surface area contributed by atoms with Crippen LogP contribution in [0.1, 0.15) is 25.5 Å². The number of carbonyl (C=O) groups is 1. The third-order valence-electron chi connectivity index (χ3n) is 2.47. The Morgan fingerprint density at radius 2 is 2.22 bits per heavy atom. The Hall–Kier alpha value is -1.81. The summed E-state index contributed by atoms with van der Waals surface area (Å²) in [5.41, 5.74) is 1.20. The molecule has 0 spiro atoms. The maximum atomic E-state index is 11.3. The second-order valence-corrected chi connectivity index (χ2v) is 3.82. The molecule has 0 saturated heterocycles. The molecule has 1 atom stereocenters. The molecule has 1 aromatic carbocycles. The van der Waals surface area contributed by atoms with Gasteiger partial charge in [0.15, 0.2) is 0 Å². The highest BCUT2D eigenvalue weighted by atomic mass is 16.5. The molecule has 0 fully saturated rings. The van der Waals surface area contributed by atoms with Gasteiger partial charge in [-0.05, 0) is 37.1 Å². The van der Waals surface area contributed by atoms with E-state index in [1.165, 1.54) is 6.08 Å². The first-order valence-electron chi connectivity index (χ1n) is 5.75. The highest BCUT2D eigenvalue weighted by Crippen LogP contribution is 2.24. The quantitative estimate of drug-likeness (QED) is 0.643. The van der Waals surface area contributed by atoms with Crippen LogP contribution in [0.3, 0.4) is 0 Å². The fraction of sp³-hybridized carbons (Fsp3) is 0.357. The maximum absolute atomic E-state index is 11.3. The van der Waals surface area contributed by atoms with Crippen LogP contribution in [0.25, 0.3) is 0 Å². The zero-order valence-corrected chi connectivity index (χ0v) is 10.8. The Morgan fingerprint density at radius 1 is 1.50 bits per heavy atom. The summed E-state index contributed by atoms with van der Waals surface area (Å²) in [5.74, 6) is 0.215. The van der Waals surface area contributed by atoms with Crippen LogP contribution in [0.5, 0.6) is 5.75 Å². The average Bonchev–Trinajstić information content (AvgIpc) is 2.38. The molecule has 4 nitrogen and oxygen atoms in total. The molecule has 0 radical (unpaired) electrons. The monoisotopic (exact) mass is 250 g/mol. The smallest absolute Gasteiger partial charge is 0.330 e. The molecule has 0 saturated carbocycles. The van der Waals surface area contributed by atoms with E-state index in [-0.39, 0.29) is 0 Å². The van der Waals surface area contributed by atoms with Gasteiger partial charge in [-0.3, -0.25) is 0 Å². The Morgan fingerprint density at radius 3 is 2.83 bits per heavy atom. The fourth-order valence-electron chi connectivity index (χ4n) is 1.52. The number of methoxy groups -OCH3 is 1. The summed E-state index contributed by atoms with van der Waals surface area (Å²) in [6.45, 7) is 3.73. The lowest BCUT2D eigenvalue weighted by molar-refractivity contribution is -0.137. The molecular weight excluding hydrogens is 232 g/mol. The van der Waals surface area contributed by atoms with E-state index in [4.69, 9.17) is 9.47 Å². The average molecular weight is 250 g/mol. The van der Waals surface area contributed by atoms with Crippen molar-refractivity contribution >= 4 is 5.97 Å². The van der Waals surface area contributed by atoms with Crippen LogP contribution < -0.4 is 4.74 Å². The standard InChI is InChI=1S/C14H18O4/c1-4-18-13(15)8-10(2)14(16)11-6-5-7-12(9-11)17-3/h5-9,14,16H,4H2,1-3H3. The lowest BCUT2D eigenvalue weighted by atomic mass is 10.0. The van der Waals surface area contributed by atoms with E-state index in [2.05, 4.69) is 0 Å². The Labute approximate surface area is 107 Å². The van der Waals surface area contributed by atoms with E-state index in [9.17, 15) is 9.90 Å². The van der Waals surface area contributed by atoms with Crippen molar-refractivity contribution in [1.82, 2.24) is 0 Å². The summed E-state index contributed by atoms with van der Waals surface area (Å²) in [7, 11) is 1.56. The molecule has 0 heterocycles. The van der Waals surface area contributed by atoms with Crippen LogP contribution >= 0.6 is 0 Å². The minimum absolute atomic E-state index is 0.317. The van der Waals surface area contributed by atoms with Crippen molar-refractivity contribution in [1.29, 1.82) is 0 Å². The number of hydrogen-bond donors (Lipinski definition) is 1. The molecule has 98 valence electrons. The Balaban J connectivity index is 2.85. The number of esters is 1. The Bertz CT molecular complexity index is 437. The van der Waals surface area contributed by atoms with Crippen molar-refractivity contribution in [2.75, 3.05) is 13.7 Å². The summed E-state index contributed by atoms with van der Waals surface area (Å²) >= 11 is 0. The van der Waals surface area contributed by atoms with E-state index in [1.807, 2.05) is 0 Å². The molecule has 1 aromatic rings. The van der Waals surface area contributed by atoms with Crippen LogP contribution in [-0.4, -0.2) is 24.8 Å². The predicted octanol–water partition coefficient (Wildman–Crippen LogP) is 2.24. The normalized spacial score (nSPS) is 13.0. The maximum Gasteiger partial charge on any atom is 0.330 e. The number of hydrogen-bond acceptors (Lipinski definition) is 4. The highest BCUT2D eigenvalue weighted by Gasteiger charge is 2.12. The van der Waals surface area contributed by atoms with Crippen molar-refractivity contribution in [3.8, 4) is 5.75 Å². The molecule has 0 aliphatic heterocycles. The van der Waals surface area contributed by atoms with Crippen LogP contribution in [-0.2, 0) is 9.53 Å². The van der Waals surface area contributed by atoms with Gasteiger partial charge in [0.05, 0.1) is 13.7 Å². The number of aliphatic hydroxyl groups excluding tert-OH is 1. The zero-order valence-electron chi connectivity index (χ0n) is 10.8. The van der Waals surface area contributed by atoms with Crippen molar-refractivity contribution < 1.29 is 19.4 Å². The molecule has 0 aromatic heterocycles. The zero-order chi connectivity index (χ0) is 13.5. The molecule has 0 bridgehead atoms. The summed E-state index contributed by atoms with van der Waals surface area (Å²) in [5, 5.41) is 10.1. The first-order valence-corrected chi connectivity index (χ1v) is 5.75. The minimum Gasteiger partial charge on any atom is -0.497 e. The van der Waals surface area contributed by atoms with Crippen LogP contribution in [0.2, 0.25) is 0 Å². The molecule has 1 N–H and O–H groups in total. The molecule has 18 heavy (non-hydrogen) atoms. The van der Waals surface area contributed by atoms with Gasteiger partial charge in [0.25, 0.3) is 0 Å². The topological polar surface area (TPSA) is 55.8 Å². The van der Waals surface area contributed by atoms with Gasteiger partial charge in [0.1, 0.15) is 11.9 Å². The largest absolute Gasteiger partial charge is 0.497 e. The second-order valence-electron chi connectivity index (χ2n) is 3.82. The highest BCUT2D eigenvalue weighted by molar-refractivity contribution is 5.82.